The molecular weight excluding hydrogens is 334 g/mol. The van der Waals surface area contributed by atoms with Crippen molar-refractivity contribution in [2.75, 3.05) is 25.6 Å². The minimum absolute atomic E-state index is 0.119. The van der Waals surface area contributed by atoms with E-state index in [-0.39, 0.29) is 5.91 Å². The lowest BCUT2D eigenvalue weighted by Crippen LogP contribution is -2.29. The summed E-state index contributed by atoms with van der Waals surface area (Å²) in [6.07, 6.45) is 3.45. The van der Waals surface area contributed by atoms with Crippen molar-refractivity contribution in [1.29, 1.82) is 0 Å². The summed E-state index contributed by atoms with van der Waals surface area (Å²) in [5.74, 6) is 1.75. The first-order chi connectivity index (χ1) is 11.8. The predicted molar refractivity (Wildman–Crippen MR) is 102 cm³/mol. The lowest BCUT2D eigenvalue weighted by Gasteiger charge is -2.17. The Kier molecular flexibility index (Phi) is 6.58. The molecule has 2 rings (SSSR count). The van der Waals surface area contributed by atoms with Gasteiger partial charge in [0.2, 0.25) is 5.91 Å². The van der Waals surface area contributed by atoms with Crippen LogP contribution in [0.3, 0.4) is 0 Å². The number of carbonyl (C=O) groups is 1. The first-order valence-electron chi connectivity index (χ1n) is 8.44. The van der Waals surface area contributed by atoms with Crippen LogP contribution < -0.4 is 0 Å². The van der Waals surface area contributed by atoms with Gasteiger partial charge in [0, 0.05) is 36.2 Å². The van der Waals surface area contributed by atoms with Crippen LogP contribution in [-0.2, 0) is 11.2 Å². The monoisotopic (exact) mass is 361 g/mol. The van der Waals surface area contributed by atoms with Gasteiger partial charge in [0.15, 0.2) is 0 Å². The maximum Gasteiger partial charge on any atom is 0.251 e. The Balaban J connectivity index is 2.20. The molecule has 0 aliphatic heterocycles. The van der Waals surface area contributed by atoms with Crippen molar-refractivity contribution in [3.05, 3.63) is 34.4 Å². The Bertz CT molecular complexity index is 736. The molecule has 1 amide bonds. The lowest BCUT2D eigenvalue weighted by molar-refractivity contribution is -0.129. The second-order valence-corrected chi connectivity index (χ2v) is 7.34. The number of aryl methyl sites for hydroxylation is 3. The van der Waals surface area contributed by atoms with Crippen molar-refractivity contribution < 1.29 is 4.79 Å². The Morgan fingerprint density at radius 3 is 2.44 bits per heavy atom. The third-order valence-electron chi connectivity index (χ3n) is 4.20. The van der Waals surface area contributed by atoms with Crippen LogP contribution >= 0.6 is 11.8 Å². The highest BCUT2D eigenvalue weighted by atomic mass is 32.2. The number of amides is 1. The van der Waals surface area contributed by atoms with Crippen LogP contribution in [0.4, 0.5) is 0 Å². The standard InChI is InChI=1S/C18H27N5OS/c1-12-10-13(2)20-18(19-12)23-15(4)16(14(3)21-23)11-17(24)22(5)8-7-9-25-6/h10H,7-9,11H2,1-6H3. The first-order valence-corrected chi connectivity index (χ1v) is 9.83. The van der Waals surface area contributed by atoms with E-state index in [0.29, 0.717) is 12.4 Å². The molecule has 25 heavy (non-hydrogen) atoms. The summed E-state index contributed by atoms with van der Waals surface area (Å²) in [5, 5.41) is 4.57. The Morgan fingerprint density at radius 2 is 1.84 bits per heavy atom. The van der Waals surface area contributed by atoms with E-state index < -0.39 is 0 Å². The topological polar surface area (TPSA) is 63.9 Å². The van der Waals surface area contributed by atoms with Crippen molar-refractivity contribution in [3.63, 3.8) is 0 Å². The van der Waals surface area contributed by atoms with Crippen LogP contribution in [-0.4, -0.2) is 56.2 Å². The largest absolute Gasteiger partial charge is 0.345 e. The van der Waals surface area contributed by atoms with Gasteiger partial charge in [0.05, 0.1) is 12.1 Å². The molecule has 0 saturated heterocycles. The molecule has 0 aliphatic rings. The molecule has 0 atom stereocenters. The summed E-state index contributed by atoms with van der Waals surface area (Å²) < 4.78 is 1.74. The van der Waals surface area contributed by atoms with Gasteiger partial charge >= 0.3 is 0 Å². The highest BCUT2D eigenvalue weighted by Gasteiger charge is 2.19. The SMILES string of the molecule is CSCCCN(C)C(=O)Cc1c(C)nn(-c2nc(C)cc(C)n2)c1C. The van der Waals surface area contributed by atoms with Crippen LogP contribution in [0.15, 0.2) is 6.07 Å². The normalized spacial score (nSPS) is 11.0. The zero-order valence-electron chi connectivity index (χ0n) is 16.0. The molecular formula is C18H27N5OS. The summed E-state index contributed by atoms with van der Waals surface area (Å²) in [7, 11) is 1.87. The van der Waals surface area contributed by atoms with Gasteiger partial charge in [-0.2, -0.15) is 16.9 Å². The van der Waals surface area contributed by atoms with Gasteiger partial charge in [0.25, 0.3) is 5.95 Å². The second kappa shape index (κ2) is 8.47. The molecule has 0 aliphatic carbocycles. The molecule has 6 nitrogen and oxygen atoms in total. The van der Waals surface area contributed by atoms with E-state index >= 15 is 0 Å². The van der Waals surface area contributed by atoms with E-state index in [1.54, 1.807) is 21.3 Å². The summed E-state index contributed by atoms with van der Waals surface area (Å²) in [6.45, 7) is 8.57. The quantitative estimate of drug-likeness (QED) is 0.710. The first kappa shape index (κ1) is 19.4. The molecule has 2 aromatic heterocycles. The van der Waals surface area contributed by atoms with E-state index in [1.807, 2.05) is 40.8 Å². The molecule has 0 spiro atoms. The van der Waals surface area contributed by atoms with Crippen molar-refractivity contribution in [2.24, 2.45) is 0 Å². The van der Waals surface area contributed by atoms with Gasteiger partial charge < -0.3 is 4.90 Å². The molecule has 7 heteroatoms. The van der Waals surface area contributed by atoms with E-state index in [0.717, 1.165) is 47.1 Å². The van der Waals surface area contributed by atoms with Gasteiger partial charge in [-0.3, -0.25) is 4.79 Å². The molecule has 0 saturated carbocycles. The number of hydrogen-bond acceptors (Lipinski definition) is 5. The van der Waals surface area contributed by atoms with E-state index in [9.17, 15) is 4.79 Å². The molecule has 2 heterocycles. The van der Waals surface area contributed by atoms with Gasteiger partial charge in [-0.05, 0) is 52.2 Å². The van der Waals surface area contributed by atoms with Gasteiger partial charge in [-0.25, -0.2) is 14.6 Å². The van der Waals surface area contributed by atoms with Crippen LogP contribution in [0.5, 0.6) is 0 Å². The minimum Gasteiger partial charge on any atom is -0.345 e. The summed E-state index contributed by atoms with van der Waals surface area (Å²) in [6, 6.07) is 1.93. The molecule has 0 fully saturated rings. The van der Waals surface area contributed by atoms with Crippen LogP contribution in [0.2, 0.25) is 0 Å². The highest BCUT2D eigenvalue weighted by molar-refractivity contribution is 7.98. The summed E-state index contributed by atoms with van der Waals surface area (Å²) in [5.41, 5.74) is 4.55. The number of rotatable bonds is 7. The van der Waals surface area contributed by atoms with E-state index in [1.165, 1.54) is 0 Å². The number of hydrogen-bond donors (Lipinski definition) is 0. The molecule has 2 aromatic rings. The Labute approximate surface area is 154 Å². The Hall–Kier alpha value is -1.89. The van der Waals surface area contributed by atoms with E-state index in [4.69, 9.17) is 0 Å². The molecule has 136 valence electrons. The van der Waals surface area contributed by atoms with Crippen molar-refractivity contribution >= 4 is 17.7 Å². The predicted octanol–water partition coefficient (Wildman–Crippen LogP) is 2.65. The average molecular weight is 362 g/mol. The third kappa shape index (κ3) is 4.81. The van der Waals surface area contributed by atoms with Crippen LogP contribution in [0.1, 0.15) is 34.8 Å². The smallest absolute Gasteiger partial charge is 0.251 e. The van der Waals surface area contributed by atoms with Gasteiger partial charge in [-0.15, -0.1) is 0 Å². The van der Waals surface area contributed by atoms with E-state index in [2.05, 4.69) is 21.3 Å². The highest BCUT2D eigenvalue weighted by Crippen LogP contribution is 2.18. The number of thioether (sulfide) groups is 1. The fraction of sp³-hybridized carbons (Fsp3) is 0.556. The van der Waals surface area contributed by atoms with Crippen LogP contribution in [0.25, 0.3) is 5.95 Å². The van der Waals surface area contributed by atoms with Crippen molar-refractivity contribution in [2.45, 2.75) is 40.5 Å². The van der Waals surface area contributed by atoms with Crippen molar-refractivity contribution in [3.8, 4) is 5.95 Å². The number of carbonyl (C=O) groups excluding carboxylic acids is 1. The second-order valence-electron chi connectivity index (χ2n) is 6.35. The van der Waals surface area contributed by atoms with Gasteiger partial charge in [-0.1, -0.05) is 0 Å². The number of likely N-dealkylation sites (N-methyl/N-ethyl adjacent to an activating group) is 1. The lowest BCUT2D eigenvalue weighted by atomic mass is 10.1. The average Bonchev–Trinajstić information content (AvgIpc) is 2.82. The maximum atomic E-state index is 12.5. The fourth-order valence-electron chi connectivity index (χ4n) is 2.78. The minimum atomic E-state index is 0.119. The number of nitrogens with zero attached hydrogens (tertiary/aromatic N) is 5. The maximum absolute atomic E-state index is 12.5. The zero-order chi connectivity index (χ0) is 18.6. The fourth-order valence-corrected chi connectivity index (χ4v) is 3.20. The van der Waals surface area contributed by atoms with Gasteiger partial charge in [0.1, 0.15) is 0 Å². The summed E-state index contributed by atoms with van der Waals surface area (Å²) in [4.78, 5) is 23.3. The summed E-state index contributed by atoms with van der Waals surface area (Å²) >= 11 is 1.80. The van der Waals surface area contributed by atoms with Crippen LogP contribution in [0, 0.1) is 27.7 Å². The number of aromatic nitrogens is 4. The third-order valence-corrected chi connectivity index (χ3v) is 4.89. The molecule has 0 aromatic carbocycles. The molecule has 0 N–H and O–H groups in total. The molecule has 0 radical (unpaired) electrons. The Morgan fingerprint density at radius 1 is 1.20 bits per heavy atom. The zero-order valence-corrected chi connectivity index (χ0v) is 16.8. The molecule has 0 unspecified atom stereocenters. The molecule has 0 bridgehead atoms. The van der Waals surface area contributed by atoms with Crippen molar-refractivity contribution in [1.82, 2.24) is 24.6 Å².